The van der Waals surface area contributed by atoms with E-state index in [0.717, 1.165) is 12.1 Å². The average Bonchev–Trinajstić information content (AvgIpc) is 3.06. The van der Waals surface area contributed by atoms with Crippen LogP contribution >= 0.6 is 34.8 Å². The zero-order chi connectivity index (χ0) is 21.4. The monoisotopic (exact) mass is 464 g/mol. The van der Waals surface area contributed by atoms with Crippen LogP contribution in [0.3, 0.4) is 0 Å². The third-order valence-corrected chi connectivity index (χ3v) is 5.22. The number of hydrogen-bond donors (Lipinski definition) is 1. The lowest BCUT2D eigenvalue weighted by Crippen LogP contribution is -2.42. The number of nitrogens with zero attached hydrogens (tertiary/aromatic N) is 1. The molecule has 0 saturated carbocycles. The molecule has 0 bridgehead atoms. The summed E-state index contributed by atoms with van der Waals surface area (Å²) < 4.78 is 42.1. The van der Waals surface area contributed by atoms with E-state index in [1.54, 1.807) is 12.1 Å². The van der Waals surface area contributed by atoms with E-state index in [4.69, 9.17) is 39.6 Å². The van der Waals surface area contributed by atoms with Crippen LogP contribution in [0.25, 0.3) is 0 Å². The van der Waals surface area contributed by atoms with Crippen molar-refractivity contribution in [3.63, 3.8) is 0 Å². The molecule has 2 aromatic carbocycles. The Morgan fingerprint density at radius 1 is 1.17 bits per heavy atom. The van der Waals surface area contributed by atoms with Gasteiger partial charge in [-0.15, -0.1) is 0 Å². The average molecular weight is 466 g/mol. The lowest BCUT2D eigenvalue weighted by Gasteiger charge is -2.29. The predicted molar refractivity (Wildman–Crippen MR) is 105 cm³/mol. The van der Waals surface area contributed by atoms with Crippen LogP contribution in [0.5, 0.6) is 0 Å². The standard InChI is InChI=1S/C19H14Cl3F3N2O2/c1-10(28)26-9-12-3-2-11(4-16(12)22)17-8-18(29-27-17,19(23,24)25)13-5-14(20)7-15(21)6-13/h2-7H,8-9H2,1H3,(H,26,28). The lowest BCUT2D eigenvalue weighted by molar-refractivity contribution is -0.275. The van der Waals surface area contributed by atoms with Gasteiger partial charge < -0.3 is 10.2 Å². The zero-order valence-electron chi connectivity index (χ0n) is 14.9. The predicted octanol–water partition coefficient (Wildman–Crippen LogP) is 5.87. The van der Waals surface area contributed by atoms with E-state index >= 15 is 0 Å². The van der Waals surface area contributed by atoms with Crippen molar-refractivity contribution < 1.29 is 22.8 Å². The van der Waals surface area contributed by atoms with Crippen molar-refractivity contribution >= 4 is 46.4 Å². The van der Waals surface area contributed by atoms with Crippen molar-refractivity contribution in [3.8, 4) is 0 Å². The number of alkyl halides is 3. The number of carbonyl (C=O) groups excluding carboxylic acids is 1. The minimum absolute atomic E-state index is 0.0542. The first-order chi connectivity index (χ1) is 13.5. The molecule has 0 saturated heterocycles. The fraction of sp³-hybridized carbons (Fsp3) is 0.263. The maximum absolute atomic E-state index is 14.0. The number of hydrogen-bond acceptors (Lipinski definition) is 3. The van der Waals surface area contributed by atoms with Crippen molar-refractivity contribution in [2.45, 2.75) is 31.7 Å². The normalized spacial score (nSPS) is 18.9. The van der Waals surface area contributed by atoms with E-state index in [1.165, 1.54) is 19.1 Å². The highest BCUT2D eigenvalue weighted by Gasteiger charge is 2.62. The summed E-state index contributed by atoms with van der Waals surface area (Å²) in [5, 5.41) is 6.69. The molecule has 0 aliphatic carbocycles. The Morgan fingerprint density at radius 2 is 1.83 bits per heavy atom. The number of benzene rings is 2. The smallest absolute Gasteiger partial charge is 0.374 e. The van der Waals surface area contributed by atoms with Crippen LogP contribution in [0.1, 0.15) is 30.0 Å². The van der Waals surface area contributed by atoms with Gasteiger partial charge in [0.1, 0.15) is 0 Å². The molecule has 1 unspecified atom stereocenters. The molecule has 10 heteroatoms. The molecule has 2 aromatic rings. The third kappa shape index (κ3) is 4.47. The highest BCUT2D eigenvalue weighted by Crippen LogP contribution is 2.49. The Labute approximate surface area is 179 Å². The summed E-state index contributed by atoms with van der Waals surface area (Å²) in [7, 11) is 0. The second-order valence-corrected chi connectivity index (χ2v) is 7.78. The summed E-state index contributed by atoms with van der Waals surface area (Å²) in [5.74, 6) is -0.228. The van der Waals surface area contributed by atoms with Crippen molar-refractivity contribution in [2.24, 2.45) is 5.16 Å². The van der Waals surface area contributed by atoms with E-state index < -0.39 is 18.2 Å². The topological polar surface area (TPSA) is 50.7 Å². The fourth-order valence-corrected chi connectivity index (χ4v) is 3.71. The van der Waals surface area contributed by atoms with Crippen molar-refractivity contribution in [2.75, 3.05) is 0 Å². The molecule has 0 radical (unpaired) electrons. The quantitative estimate of drug-likeness (QED) is 0.614. The third-order valence-electron chi connectivity index (χ3n) is 4.43. The highest BCUT2D eigenvalue weighted by molar-refractivity contribution is 6.34. The van der Waals surface area contributed by atoms with Crippen molar-refractivity contribution in [1.29, 1.82) is 0 Å². The van der Waals surface area contributed by atoms with Gasteiger partial charge in [0.05, 0.1) is 5.71 Å². The Morgan fingerprint density at radius 3 is 2.38 bits per heavy atom. The number of halogens is 6. The van der Waals surface area contributed by atoms with Crippen molar-refractivity contribution in [3.05, 3.63) is 68.2 Å². The molecule has 3 rings (SSSR count). The van der Waals surface area contributed by atoms with E-state index in [-0.39, 0.29) is 38.8 Å². The molecule has 4 nitrogen and oxygen atoms in total. The van der Waals surface area contributed by atoms with Gasteiger partial charge in [0.15, 0.2) is 0 Å². The molecule has 0 spiro atoms. The first-order valence-electron chi connectivity index (χ1n) is 8.33. The second kappa shape index (κ2) is 8.05. The molecule has 1 N–H and O–H groups in total. The molecule has 154 valence electrons. The molecule has 1 aliphatic rings. The van der Waals surface area contributed by atoms with Gasteiger partial charge in [0.25, 0.3) is 5.60 Å². The number of rotatable bonds is 4. The summed E-state index contributed by atoms with van der Waals surface area (Å²) in [6.07, 6.45) is -5.35. The largest absolute Gasteiger partial charge is 0.435 e. The first-order valence-corrected chi connectivity index (χ1v) is 9.47. The maximum atomic E-state index is 14.0. The van der Waals surface area contributed by atoms with Crippen LogP contribution in [-0.2, 0) is 21.8 Å². The number of nitrogens with one attached hydrogen (secondary N) is 1. The number of amides is 1. The van der Waals surface area contributed by atoms with Crippen molar-refractivity contribution in [1.82, 2.24) is 5.32 Å². The summed E-state index contributed by atoms with van der Waals surface area (Å²) in [6.45, 7) is 1.57. The van der Waals surface area contributed by atoms with Crippen LogP contribution in [0.2, 0.25) is 15.1 Å². The summed E-state index contributed by atoms with van der Waals surface area (Å²) >= 11 is 18.0. The van der Waals surface area contributed by atoms with Gasteiger partial charge >= 0.3 is 6.18 Å². The molecular formula is C19H14Cl3F3N2O2. The minimum atomic E-state index is -4.78. The molecule has 0 aromatic heterocycles. The number of carbonyl (C=O) groups is 1. The maximum Gasteiger partial charge on any atom is 0.435 e. The summed E-state index contributed by atoms with van der Waals surface area (Å²) in [6, 6.07) is 8.31. The fourth-order valence-electron chi connectivity index (χ4n) is 2.94. The molecule has 1 aliphatic heterocycles. The van der Waals surface area contributed by atoms with Gasteiger partial charge in [-0.25, -0.2) is 0 Å². The Bertz CT molecular complexity index is 975. The zero-order valence-corrected chi connectivity index (χ0v) is 17.2. The number of oxime groups is 1. The van der Waals surface area contributed by atoms with Crippen LogP contribution in [0.4, 0.5) is 13.2 Å². The van der Waals surface area contributed by atoms with E-state index in [0.29, 0.717) is 11.1 Å². The molecule has 1 amide bonds. The van der Waals surface area contributed by atoms with Crippen LogP contribution in [-0.4, -0.2) is 17.8 Å². The van der Waals surface area contributed by atoms with Crippen LogP contribution in [0.15, 0.2) is 41.6 Å². The Kier molecular flexibility index (Phi) is 6.03. The van der Waals surface area contributed by atoms with Gasteiger partial charge in [-0.2, -0.15) is 13.2 Å². The SMILES string of the molecule is CC(=O)NCc1ccc(C2=NOC(c3cc(Cl)cc(Cl)c3)(C(F)(F)F)C2)cc1Cl. The van der Waals surface area contributed by atoms with Gasteiger partial charge in [-0.05, 0) is 29.8 Å². The van der Waals surface area contributed by atoms with Gasteiger partial charge in [-0.3, -0.25) is 4.79 Å². The summed E-state index contributed by atoms with van der Waals surface area (Å²) in [4.78, 5) is 16.0. The molecule has 1 atom stereocenters. The second-order valence-electron chi connectivity index (χ2n) is 6.50. The molecule has 1 heterocycles. The van der Waals surface area contributed by atoms with Crippen LogP contribution < -0.4 is 5.32 Å². The van der Waals surface area contributed by atoms with E-state index in [2.05, 4.69) is 10.5 Å². The van der Waals surface area contributed by atoms with Gasteiger partial charge in [0, 0.05) is 46.1 Å². The Hall–Kier alpha value is -1.96. The first kappa shape index (κ1) is 21.7. The van der Waals surface area contributed by atoms with Gasteiger partial charge in [0.2, 0.25) is 5.91 Å². The summed E-state index contributed by atoms with van der Waals surface area (Å²) in [5.41, 5.74) is -1.88. The van der Waals surface area contributed by atoms with E-state index in [9.17, 15) is 18.0 Å². The lowest BCUT2D eigenvalue weighted by atomic mass is 9.86. The molecular weight excluding hydrogens is 452 g/mol. The Balaban J connectivity index is 1.93. The minimum Gasteiger partial charge on any atom is -0.374 e. The van der Waals surface area contributed by atoms with Gasteiger partial charge in [-0.1, -0.05) is 52.1 Å². The van der Waals surface area contributed by atoms with E-state index in [1.807, 2.05) is 0 Å². The molecule has 0 fully saturated rings. The molecule has 29 heavy (non-hydrogen) atoms. The van der Waals surface area contributed by atoms with Crippen LogP contribution in [0, 0.1) is 0 Å². The highest BCUT2D eigenvalue weighted by atomic mass is 35.5.